The van der Waals surface area contributed by atoms with Crippen LogP contribution in [0.2, 0.25) is 0 Å². The highest BCUT2D eigenvalue weighted by Gasteiger charge is 2.47. The third-order valence-electron chi connectivity index (χ3n) is 7.77. The summed E-state index contributed by atoms with van der Waals surface area (Å²) in [4.78, 5) is 28.2. The summed E-state index contributed by atoms with van der Waals surface area (Å²) in [6.45, 7) is 4.95. The number of fused-ring (bicyclic) bond motifs is 1. The number of methoxy groups -OCH3 is 1. The van der Waals surface area contributed by atoms with Gasteiger partial charge >= 0.3 is 5.97 Å². The standard InChI is InChI=1S/C31H40N2O5/c1-4-6-8-24(9-7-5-2)32-28(34)20-33-19-26(22-12-15-27-23(18-22)16-17-38-27)29(31(35)36)30(33)21-10-13-25(37-3)14-11-21/h10-18,24,26,29-30H,4-9,19-20H2,1-3H3,(H,32,34)(H,35,36). The quantitative estimate of drug-likeness (QED) is 0.281. The van der Waals surface area contributed by atoms with Crippen LogP contribution in [0.1, 0.15) is 75.5 Å². The second-order valence-corrected chi connectivity index (χ2v) is 10.4. The van der Waals surface area contributed by atoms with Crippen molar-refractivity contribution in [2.45, 2.75) is 70.4 Å². The number of carboxylic acid groups (broad SMARTS) is 1. The molecule has 0 aliphatic carbocycles. The number of ether oxygens (including phenoxy) is 1. The molecule has 7 nitrogen and oxygen atoms in total. The molecular weight excluding hydrogens is 480 g/mol. The summed E-state index contributed by atoms with van der Waals surface area (Å²) in [6, 6.07) is 15.0. The Morgan fingerprint density at radius 2 is 1.74 bits per heavy atom. The summed E-state index contributed by atoms with van der Waals surface area (Å²) in [5.41, 5.74) is 2.58. The van der Waals surface area contributed by atoms with E-state index in [0.717, 1.165) is 60.6 Å². The first-order valence-corrected chi connectivity index (χ1v) is 13.8. The molecule has 38 heavy (non-hydrogen) atoms. The lowest BCUT2D eigenvalue weighted by Gasteiger charge is -2.28. The van der Waals surface area contributed by atoms with E-state index < -0.39 is 17.9 Å². The van der Waals surface area contributed by atoms with Gasteiger partial charge in [0.2, 0.25) is 5.91 Å². The van der Waals surface area contributed by atoms with E-state index in [4.69, 9.17) is 9.15 Å². The lowest BCUT2D eigenvalue weighted by molar-refractivity contribution is -0.143. The number of nitrogens with one attached hydrogen (secondary N) is 1. The SMILES string of the molecule is CCCCC(CCCC)NC(=O)CN1CC(c2ccc3occc3c2)C(C(=O)O)C1c1ccc(OC)cc1. The lowest BCUT2D eigenvalue weighted by atomic mass is 9.82. The van der Waals surface area contributed by atoms with E-state index in [1.807, 2.05) is 53.4 Å². The highest BCUT2D eigenvalue weighted by molar-refractivity contribution is 5.80. The predicted molar refractivity (Wildman–Crippen MR) is 148 cm³/mol. The molecule has 1 saturated heterocycles. The van der Waals surface area contributed by atoms with Crippen LogP contribution < -0.4 is 10.1 Å². The van der Waals surface area contributed by atoms with Gasteiger partial charge in [-0.3, -0.25) is 14.5 Å². The van der Waals surface area contributed by atoms with Gasteiger partial charge in [0, 0.05) is 29.9 Å². The number of benzene rings is 2. The second-order valence-electron chi connectivity index (χ2n) is 10.4. The van der Waals surface area contributed by atoms with Crippen LogP contribution in [0.15, 0.2) is 59.2 Å². The predicted octanol–water partition coefficient (Wildman–Crippen LogP) is 6.15. The minimum atomic E-state index is -0.866. The van der Waals surface area contributed by atoms with Crippen molar-refractivity contribution in [2.75, 3.05) is 20.2 Å². The van der Waals surface area contributed by atoms with Gasteiger partial charge in [0.05, 0.1) is 25.8 Å². The van der Waals surface area contributed by atoms with Crippen LogP contribution >= 0.6 is 0 Å². The Morgan fingerprint density at radius 3 is 2.37 bits per heavy atom. The van der Waals surface area contributed by atoms with E-state index in [1.54, 1.807) is 13.4 Å². The fourth-order valence-electron chi connectivity index (χ4n) is 5.79. The van der Waals surface area contributed by atoms with Crippen molar-refractivity contribution in [2.24, 2.45) is 5.92 Å². The van der Waals surface area contributed by atoms with Gasteiger partial charge in [0.15, 0.2) is 0 Å². The Balaban J connectivity index is 1.63. The zero-order valence-corrected chi connectivity index (χ0v) is 22.7. The number of carbonyl (C=O) groups is 2. The van der Waals surface area contributed by atoms with Crippen LogP contribution in [0.25, 0.3) is 11.0 Å². The summed E-state index contributed by atoms with van der Waals surface area (Å²) in [5, 5.41) is 14.7. The number of carbonyl (C=O) groups excluding carboxylic acids is 1. The fraction of sp³-hybridized carbons (Fsp3) is 0.484. The zero-order valence-electron chi connectivity index (χ0n) is 22.7. The number of likely N-dealkylation sites (tertiary alicyclic amines) is 1. The first-order valence-electron chi connectivity index (χ1n) is 13.8. The van der Waals surface area contributed by atoms with Crippen LogP contribution in [0.3, 0.4) is 0 Å². The average molecular weight is 521 g/mol. The molecule has 3 aromatic rings. The Labute approximate surface area is 225 Å². The molecule has 1 aliphatic rings. The fourth-order valence-corrected chi connectivity index (χ4v) is 5.79. The molecule has 1 aliphatic heterocycles. The molecular formula is C31H40N2O5. The van der Waals surface area contributed by atoms with E-state index in [-0.39, 0.29) is 24.4 Å². The number of carboxylic acids is 1. The molecule has 2 N–H and O–H groups in total. The van der Waals surface area contributed by atoms with E-state index in [1.165, 1.54) is 0 Å². The van der Waals surface area contributed by atoms with Crippen LogP contribution in [0.5, 0.6) is 5.75 Å². The molecule has 3 atom stereocenters. The molecule has 3 unspecified atom stereocenters. The number of furan rings is 1. The van der Waals surface area contributed by atoms with E-state index in [0.29, 0.717) is 12.3 Å². The van der Waals surface area contributed by atoms with E-state index >= 15 is 0 Å². The smallest absolute Gasteiger partial charge is 0.309 e. The Morgan fingerprint density at radius 1 is 1.05 bits per heavy atom. The topological polar surface area (TPSA) is 92.0 Å². The van der Waals surface area contributed by atoms with Gasteiger partial charge < -0.3 is 19.6 Å². The minimum absolute atomic E-state index is 0.0456. The van der Waals surface area contributed by atoms with Gasteiger partial charge in [-0.15, -0.1) is 0 Å². The van der Waals surface area contributed by atoms with E-state index in [2.05, 4.69) is 19.2 Å². The van der Waals surface area contributed by atoms with Crippen molar-refractivity contribution < 1.29 is 23.8 Å². The van der Waals surface area contributed by atoms with Crippen molar-refractivity contribution >= 4 is 22.8 Å². The van der Waals surface area contributed by atoms with Gasteiger partial charge in [0.1, 0.15) is 11.3 Å². The van der Waals surface area contributed by atoms with Gasteiger partial charge in [-0.25, -0.2) is 0 Å². The first-order chi connectivity index (χ1) is 18.4. The molecule has 1 aromatic heterocycles. The monoisotopic (exact) mass is 520 g/mol. The lowest BCUT2D eigenvalue weighted by Crippen LogP contribution is -2.42. The third kappa shape index (κ3) is 6.38. The second kappa shape index (κ2) is 13.0. The number of aliphatic carboxylic acids is 1. The van der Waals surface area contributed by atoms with Gasteiger partial charge in [-0.05, 0) is 54.3 Å². The number of unbranched alkanes of at least 4 members (excludes halogenated alkanes) is 2. The molecule has 204 valence electrons. The molecule has 0 radical (unpaired) electrons. The van der Waals surface area contributed by atoms with Crippen molar-refractivity contribution in [1.82, 2.24) is 10.2 Å². The Hall–Kier alpha value is -3.32. The van der Waals surface area contributed by atoms with Crippen molar-refractivity contribution in [1.29, 1.82) is 0 Å². The summed E-state index contributed by atoms with van der Waals surface area (Å²) < 4.78 is 10.8. The van der Waals surface area contributed by atoms with Gasteiger partial charge in [-0.2, -0.15) is 0 Å². The summed E-state index contributed by atoms with van der Waals surface area (Å²) >= 11 is 0. The minimum Gasteiger partial charge on any atom is -0.497 e. The number of amides is 1. The van der Waals surface area contributed by atoms with E-state index in [9.17, 15) is 14.7 Å². The molecule has 0 spiro atoms. The number of hydrogen-bond acceptors (Lipinski definition) is 5. The maximum atomic E-state index is 13.3. The zero-order chi connectivity index (χ0) is 27.1. The van der Waals surface area contributed by atoms with Crippen LogP contribution in [-0.4, -0.2) is 48.1 Å². The highest BCUT2D eigenvalue weighted by Crippen LogP contribution is 2.46. The average Bonchev–Trinajstić information content (AvgIpc) is 3.54. The number of rotatable bonds is 13. The normalized spacial score (nSPS) is 19.7. The molecule has 1 amide bonds. The summed E-state index contributed by atoms with van der Waals surface area (Å²) in [7, 11) is 1.61. The van der Waals surface area contributed by atoms with Gasteiger partial charge in [0.25, 0.3) is 0 Å². The molecule has 1 fully saturated rings. The number of nitrogens with zero attached hydrogens (tertiary/aromatic N) is 1. The largest absolute Gasteiger partial charge is 0.497 e. The molecule has 0 saturated carbocycles. The molecule has 7 heteroatoms. The maximum Gasteiger partial charge on any atom is 0.309 e. The third-order valence-corrected chi connectivity index (χ3v) is 7.77. The van der Waals surface area contributed by atoms with Gasteiger partial charge in [-0.1, -0.05) is 57.7 Å². The molecule has 2 heterocycles. The summed E-state index contributed by atoms with van der Waals surface area (Å²) in [6.07, 6.45) is 7.91. The summed E-state index contributed by atoms with van der Waals surface area (Å²) in [5.74, 6) is -1.19. The Kier molecular flexibility index (Phi) is 9.45. The number of hydrogen-bond donors (Lipinski definition) is 2. The van der Waals surface area contributed by atoms with Crippen molar-refractivity contribution in [3.05, 3.63) is 65.9 Å². The van der Waals surface area contributed by atoms with Crippen LogP contribution in [0.4, 0.5) is 0 Å². The van der Waals surface area contributed by atoms with Crippen molar-refractivity contribution in [3.63, 3.8) is 0 Å². The maximum absolute atomic E-state index is 13.3. The molecule has 0 bridgehead atoms. The molecule has 4 rings (SSSR count). The molecule has 2 aromatic carbocycles. The van der Waals surface area contributed by atoms with Crippen LogP contribution in [0, 0.1) is 5.92 Å². The Bertz CT molecular complexity index is 1200. The van der Waals surface area contributed by atoms with Crippen molar-refractivity contribution in [3.8, 4) is 5.75 Å². The van der Waals surface area contributed by atoms with Crippen LogP contribution in [-0.2, 0) is 9.59 Å². The first kappa shape index (κ1) is 27.7. The highest BCUT2D eigenvalue weighted by atomic mass is 16.5.